The van der Waals surface area contributed by atoms with Crippen LogP contribution in [0.15, 0.2) is 47.5 Å². The minimum Gasteiger partial charge on any atom is -0.361 e. The highest BCUT2D eigenvalue weighted by atomic mass is 32.1. The Labute approximate surface area is 141 Å². The van der Waals surface area contributed by atoms with Crippen molar-refractivity contribution in [2.24, 2.45) is 4.99 Å². The molecule has 3 rings (SSSR count). The number of nitrogens with zero attached hydrogens (tertiary/aromatic N) is 2. The summed E-state index contributed by atoms with van der Waals surface area (Å²) in [5.41, 5.74) is 5.74. The van der Waals surface area contributed by atoms with Crippen LogP contribution in [0.2, 0.25) is 0 Å². The van der Waals surface area contributed by atoms with Crippen LogP contribution in [0.5, 0.6) is 0 Å². The molecule has 0 aliphatic rings. The van der Waals surface area contributed by atoms with E-state index in [0.717, 1.165) is 35.0 Å². The molecule has 0 saturated carbocycles. The van der Waals surface area contributed by atoms with Crippen LogP contribution < -0.4 is 5.32 Å². The normalized spacial score (nSPS) is 10.7. The van der Waals surface area contributed by atoms with Gasteiger partial charge in [0.1, 0.15) is 0 Å². The SMILES string of the molecule is CC(C)=Nc1ccc(CCNc2nc3ccc(C)cc3s2)cc1. The van der Waals surface area contributed by atoms with Gasteiger partial charge in [0.2, 0.25) is 0 Å². The first kappa shape index (κ1) is 15.7. The maximum absolute atomic E-state index is 4.62. The Bertz CT molecular complexity index is 827. The first-order valence-electron chi connectivity index (χ1n) is 7.82. The fourth-order valence-electron chi connectivity index (χ4n) is 2.42. The number of nitrogens with one attached hydrogen (secondary N) is 1. The number of fused-ring (bicyclic) bond motifs is 1. The lowest BCUT2D eigenvalue weighted by Gasteiger charge is -2.03. The van der Waals surface area contributed by atoms with Gasteiger partial charge < -0.3 is 5.32 Å². The Morgan fingerprint density at radius 3 is 2.65 bits per heavy atom. The Balaban J connectivity index is 1.58. The molecule has 0 saturated heterocycles. The van der Waals surface area contributed by atoms with Crippen LogP contribution in [0.25, 0.3) is 10.2 Å². The van der Waals surface area contributed by atoms with E-state index in [1.54, 1.807) is 11.3 Å². The van der Waals surface area contributed by atoms with Crippen molar-refractivity contribution in [3.8, 4) is 0 Å². The maximum Gasteiger partial charge on any atom is 0.183 e. The largest absolute Gasteiger partial charge is 0.361 e. The molecule has 3 nitrogen and oxygen atoms in total. The molecule has 0 radical (unpaired) electrons. The molecule has 1 heterocycles. The number of hydrogen-bond donors (Lipinski definition) is 1. The lowest BCUT2D eigenvalue weighted by atomic mass is 10.1. The molecule has 23 heavy (non-hydrogen) atoms. The lowest BCUT2D eigenvalue weighted by Crippen LogP contribution is -2.04. The van der Waals surface area contributed by atoms with Gasteiger partial charge in [-0.1, -0.05) is 29.5 Å². The second kappa shape index (κ2) is 6.92. The number of hydrogen-bond acceptors (Lipinski definition) is 4. The summed E-state index contributed by atoms with van der Waals surface area (Å²) in [6, 6.07) is 14.8. The molecule has 2 aromatic carbocycles. The van der Waals surface area contributed by atoms with Crippen LogP contribution >= 0.6 is 11.3 Å². The van der Waals surface area contributed by atoms with Crippen molar-refractivity contribution >= 4 is 38.1 Å². The first-order chi connectivity index (χ1) is 11.1. The molecule has 1 aromatic heterocycles. The molecule has 0 amide bonds. The quantitative estimate of drug-likeness (QED) is 0.641. The summed E-state index contributed by atoms with van der Waals surface area (Å²) in [6.07, 6.45) is 0.976. The summed E-state index contributed by atoms with van der Waals surface area (Å²) in [5.74, 6) is 0. The Kier molecular flexibility index (Phi) is 4.72. The third-order valence-electron chi connectivity index (χ3n) is 3.52. The molecule has 3 aromatic rings. The van der Waals surface area contributed by atoms with Crippen molar-refractivity contribution < 1.29 is 0 Å². The molecule has 118 valence electrons. The van der Waals surface area contributed by atoms with Gasteiger partial charge in [0, 0.05) is 12.3 Å². The highest BCUT2D eigenvalue weighted by molar-refractivity contribution is 7.22. The van der Waals surface area contributed by atoms with Crippen LogP contribution in [-0.2, 0) is 6.42 Å². The number of thiazole rings is 1. The Morgan fingerprint density at radius 1 is 1.13 bits per heavy atom. The predicted octanol–water partition coefficient (Wildman–Crippen LogP) is 5.37. The van der Waals surface area contributed by atoms with E-state index in [1.165, 1.54) is 15.8 Å². The van der Waals surface area contributed by atoms with Gasteiger partial charge in [-0.25, -0.2) is 4.98 Å². The van der Waals surface area contributed by atoms with Gasteiger partial charge in [-0.2, -0.15) is 0 Å². The van der Waals surface area contributed by atoms with Crippen molar-refractivity contribution in [2.45, 2.75) is 27.2 Å². The summed E-state index contributed by atoms with van der Waals surface area (Å²) in [4.78, 5) is 9.07. The topological polar surface area (TPSA) is 37.3 Å². The zero-order chi connectivity index (χ0) is 16.2. The van der Waals surface area contributed by atoms with Crippen LogP contribution in [0.1, 0.15) is 25.0 Å². The predicted molar refractivity (Wildman–Crippen MR) is 101 cm³/mol. The van der Waals surface area contributed by atoms with E-state index in [1.807, 2.05) is 13.8 Å². The third-order valence-corrected chi connectivity index (χ3v) is 4.50. The van der Waals surface area contributed by atoms with Crippen molar-refractivity contribution in [3.05, 3.63) is 53.6 Å². The van der Waals surface area contributed by atoms with E-state index in [2.05, 4.69) is 64.7 Å². The number of anilines is 1. The zero-order valence-electron chi connectivity index (χ0n) is 13.8. The van der Waals surface area contributed by atoms with Crippen molar-refractivity contribution in [3.63, 3.8) is 0 Å². The first-order valence-corrected chi connectivity index (χ1v) is 8.64. The average molecular weight is 323 g/mol. The molecular formula is C19H21N3S. The van der Waals surface area contributed by atoms with Gasteiger partial charge in [0.05, 0.1) is 15.9 Å². The number of aromatic nitrogens is 1. The molecule has 0 aliphatic heterocycles. The molecule has 0 atom stereocenters. The molecule has 0 aliphatic carbocycles. The van der Waals surface area contributed by atoms with E-state index in [4.69, 9.17) is 0 Å². The summed E-state index contributed by atoms with van der Waals surface area (Å²) in [5, 5.41) is 4.42. The monoisotopic (exact) mass is 323 g/mol. The fourth-order valence-corrected chi connectivity index (χ4v) is 3.41. The molecule has 4 heteroatoms. The van der Waals surface area contributed by atoms with E-state index < -0.39 is 0 Å². The molecule has 0 bridgehead atoms. The van der Waals surface area contributed by atoms with Crippen LogP contribution in [-0.4, -0.2) is 17.2 Å². The van der Waals surface area contributed by atoms with Crippen LogP contribution in [0.3, 0.4) is 0 Å². The lowest BCUT2D eigenvalue weighted by molar-refractivity contribution is 1.02. The van der Waals surface area contributed by atoms with Gasteiger partial charge in [0.25, 0.3) is 0 Å². The maximum atomic E-state index is 4.62. The summed E-state index contributed by atoms with van der Waals surface area (Å²) in [6.45, 7) is 7.02. The number of rotatable bonds is 5. The van der Waals surface area contributed by atoms with E-state index in [-0.39, 0.29) is 0 Å². The van der Waals surface area contributed by atoms with Gasteiger partial charge in [-0.15, -0.1) is 0 Å². The fraction of sp³-hybridized carbons (Fsp3) is 0.263. The van der Waals surface area contributed by atoms with E-state index in [0.29, 0.717) is 0 Å². The Morgan fingerprint density at radius 2 is 1.91 bits per heavy atom. The molecule has 0 fully saturated rings. The zero-order valence-corrected chi connectivity index (χ0v) is 14.6. The second-order valence-electron chi connectivity index (χ2n) is 5.89. The summed E-state index contributed by atoms with van der Waals surface area (Å²) in [7, 11) is 0. The second-order valence-corrected chi connectivity index (χ2v) is 6.92. The number of benzene rings is 2. The summed E-state index contributed by atoms with van der Waals surface area (Å²) < 4.78 is 1.24. The van der Waals surface area contributed by atoms with E-state index in [9.17, 15) is 0 Å². The molecular weight excluding hydrogens is 302 g/mol. The van der Waals surface area contributed by atoms with Crippen molar-refractivity contribution in [1.82, 2.24) is 4.98 Å². The van der Waals surface area contributed by atoms with Gasteiger partial charge >= 0.3 is 0 Å². The molecule has 0 spiro atoms. The number of aliphatic imine (C=N–C) groups is 1. The van der Waals surface area contributed by atoms with E-state index >= 15 is 0 Å². The van der Waals surface area contributed by atoms with Crippen LogP contribution in [0.4, 0.5) is 10.8 Å². The van der Waals surface area contributed by atoms with Crippen LogP contribution in [0, 0.1) is 6.92 Å². The minimum absolute atomic E-state index is 0.883. The van der Waals surface area contributed by atoms with Gasteiger partial charge in [-0.05, 0) is 62.6 Å². The molecule has 1 N–H and O–H groups in total. The standard InChI is InChI=1S/C19H21N3S/c1-13(2)21-16-7-5-15(6-8-16)10-11-20-19-22-17-9-4-14(3)12-18(17)23-19/h4-9,12H,10-11H2,1-3H3,(H,20,22). The van der Waals surface area contributed by atoms with Gasteiger partial charge in [-0.3, -0.25) is 4.99 Å². The summed E-state index contributed by atoms with van der Waals surface area (Å²) >= 11 is 1.72. The Hall–Kier alpha value is -2.20. The smallest absolute Gasteiger partial charge is 0.183 e. The van der Waals surface area contributed by atoms with Crippen molar-refractivity contribution in [2.75, 3.05) is 11.9 Å². The number of aryl methyl sites for hydroxylation is 1. The average Bonchev–Trinajstić information content (AvgIpc) is 2.90. The molecule has 0 unspecified atom stereocenters. The van der Waals surface area contributed by atoms with Crippen molar-refractivity contribution in [1.29, 1.82) is 0 Å². The van der Waals surface area contributed by atoms with Gasteiger partial charge in [0.15, 0.2) is 5.13 Å². The highest BCUT2D eigenvalue weighted by Crippen LogP contribution is 2.26. The minimum atomic E-state index is 0.883. The third kappa shape index (κ3) is 4.17. The highest BCUT2D eigenvalue weighted by Gasteiger charge is 2.03.